The van der Waals surface area contributed by atoms with Crippen LogP contribution in [0.5, 0.6) is 0 Å². The number of hydrogen-bond acceptors (Lipinski definition) is 8. The van der Waals surface area contributed by atoms with Crippen LogP contribution in [0.1, 0.15) is 0 Å². The van der Waals surface area contributed by atoms with Crippen LogP contribution in [0.4, 0.5) is 0 Å². The molecule has 0 spiro atoms. The van der Waals surface area contributed by atoms with Crippen molar-refractivity contribution in [1.29, 1.82) is 0 Å². The summed E-state index contributed by atoms with van der Waals surface area (Å²) in [5, 5.41) is 9.51. The van der Waals surface area contributed by atoms with Crippen molar-refractivity contribution in [3.8, 4) is 0 Å². The summed E-state index contributed by atoms with van der Waals surface area (Å²) in [5.41, 5.74) is 0. The number of hydrazine groups is 4. The van der Waals surface area contributed by atoms with Crippen molar-refractivity contribution in [2.24, 2.45) is 0 Å². The summed E-state index contributed by atoms with van der Waals surface area (Å²) >= 11 is -4.77. The van der Waals surface area contributed by atoms with Gasteiger partial charge in [-0.2, -0.15) is 0 Å². The van der Waals surface area contributed by atoms with Gasteiger partial charge in [0.2, 0.25) is 0 Å². The summed E-state index contributed by atoms with van der Waals surface area (Å²) in [4.78, 5) is 0. The average molecular weight is 591 g/mol. The normalized spacial score (nSPS) is 30.9. The van der Waals surface area contributed by atoms with Gasteiger partial charge in [-0.05, 0) is 0 Å². The van der Waals surface area contributed by atoms with E-state index in [-0.39, 0.29) is 0 Å². The van der Waals surface area contributed by atoms with Crippen LogP contribution in [0.3, 0.4) is 0 Å². The zero-order chi connectivity index (χ0) is 14.5. The molecule has 3 saturated heterocycles. The van der Waals surface area contributed by atoms with Gasteiger partial charge >= 0.3 is 145 Å². The summed E-state index contributed by atoms with van der Waals surface area (Å²) in [7, 11) is 17.8. The molecule has 0 saturated carbocycles. The molecule has 0 aromatic heterocycles. The fourth-order valence-corrected chi connectivity index (χ4v) is 104. The number of nitrogens with zero attached hydrogens (tertiary/aromatic N) is 8. The van der Waals surface area contributed by atoms with Crippen LogP contribution in [0.15, 0.2) is 0 Å². The third-order valence-corrected chi connectivity index (χ3v) is 59.2. The van der Waals surface area contributed by atoms with Crippen LogP contribution in [-0.2, 0) is 0 Å². The molecular weight excluding hydrogens is 564 g/mol. The van der Waals surface area contributed by atoms with Crippen molar-refractivity contribution < 1.29 is 0 Å². The van der Waals surface area contributed by atoms with Crippen LogP contribution in [0.2, 0.25) is 0 Å². The van der Waals surface area contributed by atoms with E-state index in [9.17, 15) is 0 Å². The number of rotatable bonds is 4. The molecule has 3 fully saturated rings. The molecule has 3 rings (SSSR count). The molecule has 19 heavy (non-hydrogen) atoms. The first-order chi connectivity index (χ1) is 8.77. The molecule has 0 atom stereocenters. The van der Waals surface area contributed by atoms with Crippen molar-refractivity contribution in [2.45, 2.75) is 0 Å². The quantitative estimate of drug-likeness (QED) is 0.317. The van der Waals surface area contributed by atoms with E-state index < -0.39 is 62.8 Å². The topological polar surface area (TPSA) is 25.9 Å². The van der Waals surface area contributed by atoms with Gasteiger partial charge in [-0.25, -0.2) is 0 Å². The minimum absolute atomic E-state index is 0.828. The van der Waals surface area contributed by atoms with E-state index in [0.717, 1.165) is 0 Å². The van der Waals surface area contributed by atoms with Gasteiger partial charge in [-0.1, -0.05) is 0 Å². The summed E-state index contributed by atoms with van der Waals surface area (Å²) < 4.78 is 11.2. The molecule has 0 aliphatic carbocycles. The fraction of sp³-hybridized carbons (Fsp3) is 1.00. The van der Waals surface area contributed by atoms with Crippen molar-refractivity contribution in [3.05, 3.63) is 0 Å². The molecule has 3 aliphatic rings. The summed E-state index contributed by atoms with van der Waals surface area (Å²) in [6, 6.07) is 0. The Hall–Kier alpha value is 2.08. The molecule has 0 aromatic carbocycles. The summed E-state index contributed by atoms with van der Waals surface area (Å²) in [6.45, 7) is 0. The second-order valence-corrected chi connectivity index (χ2v) is 41.8. The molecule has 111 valence electrons. The molecule has 3 heterocycles. The van der Waals surface area contributed by atoms with Crippen LogP contribution >= 0.6 is 0 Å². The van der Waals surface area contributed by atoms with Gasteiger partial charge in [0.25, 0.3) is 0 Å². The van der Waals surface area contributed by atoms with E-state index in [1.807, 2.05) is 0 Å². The molecular formula is C8H27N8Sn3. The summed E-state index contributed by atoms with van der Waals surface area (Å²) in [5.74, 6) is 0. The van der Waals surface area contributed by atoms with Gasteiger partial charge in [0.1, 0.15) is 0 Å². The molecule has 0 aromatic rings. The zero-order valence-corrected chi connectivity index (χ0v) is 23.2. The Balaban J connectivity index is 2.33. The Bertz CT molecular complexity index is 266. The molecule has 11 heteroatoms. The SMILES string of the molecule is CN(C)[N]1[SnH][N](N(C)C)[SnH]2[N](N(C)C)[SnH]1[N]2N(C)C. The van der Waals surface area contributed by atoms with Crippen LogP contribution < -0.4 is 0 Å². The Morgan fingerprint density at radius 1 is 0.579 bits per heavy atom. The maximum atomic E-state index is 2.83. The summed E-state index contributed by atoms with van der Waals surface area (Å²) in [6.07, 6.45) is 0. The third kappa shape index (κ3) is 3.09. The molecule has 8 nitrogen and oxygen atoms in total. The van der Waals surface area contributed by atoms with E-state index in [1.54, 1.807) is 0 Å². The monoisotopic (exact) mass is 595 g/mol. The number of fused-ring (bicyclic) bond motifs is 2. The Morgan fingerprint density at radius 2 is 0.895 bits per heavy atom. The molecule has 0 unspecified atom stereocenters. The van der Waals surface area contributed by atoms with Crippen molar-refractivity contribution in [1.82, 2.24) is 25.8 Å². The molecule has 1 radical (unpaired) electrons. The average Bonchev–Trinajstić information content (AvgIpc) is 2.26. The van der Waals surface area contributed by atoms with Crippen molar-refractivity contribution >= 4 is 62.8 Å². The van der Waals surface area contributed by atoms with Gasteiger partial charge in [0.15, 0.2) is 0 Å². The Morgan fingerprint density at radius 3 is 1.11 bits per heavy atom. The van der Waals surface area contributed by atoms with E-state index in [4.69, 9.17) is 0 Å². The Labute approximate surface area is 143 Å². The minimum atomic E-state index is -1.97. The van der Waals surface area contributed by atoms with Crippen molar-refractivity contribution in [2.75, 3.05) is 56.4 Å². The van der Waals surface area contributed by atoms with Gasteiger partial charge in [0.05, 0.1) is 0 Å². The van der Waals surface area contributed by atoms with Crippen LogP contribution in [-0.4, -0.2) is 145 Å². The predicted molar refractivity (Wildman–Crippen MR) is 83.6 cm³/mol. The van der Waals surface area contributed by atoms with E-state index >= 15 is 0 Å². The maximum absolute atomic E-state index is 2.83. The fourth-order valence-electron chi connectivity index (χ4n) is 2.58. The van der Waals surface area contributed by atoms with E-state index in [2.05, 4.69) is 82.2 Å². The number of hydrogen-bond donors (Lipinski definition) is 0. The first-order valence-electron chi connectivity index (χ1n) is 6.44. The van der Waals surface area contributed by atoms with Gasteiger partial charge in [-0.15, -0.1) is 0 Å². The van der Waals surface area contributed by atoms with E-state index in [1.165, 1.54) is 0 Å². The second-order valence-electron chi connectivity index (χ2n) is 5.72. The van der Waals surface area contributed by atoms with Crippen LogP contribution in [0.25, 0.3) is 0 Å². The first kappa shape index (κ1) is 17.4. The van der Waals surface area contributed by atoms with Crippen LogP contribution in [0, 0.1) is 0 Å². The Kier molecular flexibility index (Phi) is 6.13. The van der Waals surface area contributed by atoms with Gasteiger partial charge < -0.3 is 0 Å². The van der Waals surface area contributed by atoms with E-state index in [0.29, 0.717) is 0 Å². The molecule has 0 amide bonds. The standard InChI is InChI=1S/4C2H6N2.3Sn.3H/c4*1-4(2)3;;;;;;/h4*1-2H3;;;;;;. The second kappa shape index (κ2) is 6.68. The van der Waals surface area contributed by atoms with Gasteiger partial charge in [-0.3, -0.25) is 0 Å². The zero-order valence-electron chi connectivity index (χ0n) is 13.3. The molecule has 0 N–H and O–H groups in total. The molecule has 3 aliphatic heterocycles. The predicted octanol–water partition coefficient (Wildman–Crippen LogP) is -3.17. The third-order valence-electron chi connectivity index (χ3n) is 3.50. The van der Waals surface area contributed by atoms with Crippen molar-refractivity contribution in [3.63, 3.8) is 0 Å². The molecule has 2 bridgehead atoms. The first-order valence-corrected chi connectivity index (χ1v) is 18.2. The van der Waals surface area contributed by atoms with Gasteiger partial charge in [0, 0.05) is 0 Å².